The van der Waals surface area contributed by atoms with Crippen molar-refractivity contribution in [3.8, 4) is 16.9 Å². The van der Waals surface area contributed by atoms with Crippen LogP contribution in [0.5, 0.6) is 5.75 Å². The third-order valence-electron chi connectivity index (χ3n) is 2.34. The number of halogens is 4. The van der Waals surface area contributed by atoms with Crippen molar-refractivity contribution in [3.63, 3.8) is 0 Å². The van der Waals surface area contributed by atoms with Crippen LogP contribution in [0.2, 0.25) is 15.1 Å². The molecule has 0 fully saturated rings. The van der Waals surface area contributed by atoms with Crippen LogP contribution in [0.3, 0.4) is 0 Å². The van der Waals surface area contributed by atoms with Crippen molar-refractivity contribution in [3.05, 3.63) is 45.4 Å². The number of benzene rings is 1. The van der Waals surface area contributed by atoms with E-state index < -0.39 is 5.95 Å². The van der Waals surface area contributed by atoms with Gasteiger partial charge >= 0.3 is 0 Å². The van der Waals surface area contributed by atoms with Crippen molar-refractivity contribution in [2.45, 2.75) is 0 Å². The molecule has 0 aliphatic rings. The van der Waals surface area contributed by atoms with E-state index in [4.69, 9.17) is 39.5 Å². The fraction of sp³-hybridized carbons (Fsp3) is 0.0833. The highest BCUT2D eigenvalue weighted by molar-refractivity contribution is 6.41. The Balaban J connectivity index is 2.73. The maximum Gasteiger partial charge on any atom is 0.255 e. The molecule has 0 radical (unpaired) electrons. The third-order valence-corrected chi connectivity index (χ3v) is 3.16. The second-order valence-corrected chi connectivity index (χ2v) is 4.68. The molecule has 0 bridgehead atoms. The topological polar surface area (TPSA) is 22.1 Å². The molecule has 6 heteroatoms. The summed E-state index contributed by atoms with van der Waals surface area (Å²) < 4.78 is 18.5. The molecule has 2 aromatic rings. The van der Waals surface area contributed by atoms with E-state index in [1.807, 2.05) is 0 Å². The molecule has 1 heterocycles. The van der Waals surface area contributed by atoms with Gasteiger partial charge in [-0.3, -0.25) is 0 Å². The summed E-state index contributed by atoms with van der Waals surface area (Å²) in [5.41, 5.74) is 0.887. The van der Waals surface area contributed by atoms with Gasteiger partial charge in [-0.15, -0.1) is 0 Å². The standard InChI is InChI=1S/C12H7Cl3FNO/c1-18-11-7(2-3-17-12(11)16)10-8(14)4-6(13)5-9(10)15/h2-5H,1H3. The molecule has 94 valence electrons. The molecule has 0 saturated carbocycles. The van der Waals surface area contributed by atoms with Gasteiger partial charge in [0.1, 0.15) is 0 Å². The van der Waals surface area contributed by atoms with Crippen molar-refractivity contribution in [2.75, 3.05) is 7.11 Å². The number of aromatic nitrogens is 1. The first kappa shape index (κ1) is 13.4. The molecule has 0 aliphatic carbocycles. The molecular formula is C12H7Cl3FNO. The molecule has 0 aliphatic heterocycles. The molecule has 1 aromatic carbocycles. The van der Waals surface area contributed by atoms with Crippen molar-refractivity contribution in [1.29, 1.82) is 0 Å². The van der Waals surface area contributed by atoms with Gasteiger partial charge in [0.25, 0.3) is 5.95 Å². The van der Waals surface area contributed by atoms with Crippen molar-refractivity contribution < 1.29 is 9.13 Å². The Morgan fingerprint density at radius 2 is 1.78 bits per heavy atom. The summed E-state index contributed by atoms with van der Waals surface area (Å²) >= 11 is 18.0. The largest absolute Gasteiger partial charge is 0.491 e. The normalized spacial score (nSPS) is 10.5. The molecule has 2 nitrogen and oxygen atoms in total. The zero-order valence-corrected chi connectivity index (χ0v) is 11.4. The summed E-state index contributed by atoms with van der Waals surface area (Å²) in [5.74, 6) is -0.735. The summed E-state index contributed by atoms with van der Waals surface area (Å²) in [5, 5.41) is 1.04. The Labute approximate surface area is 118 Å². The molecule has 0 spiro atoms. The molecule has 0 saturated heterocycles. The van der Waals surface area contributed by atoms with Crippen molar-refractivity contribution in [2.24, 2.45) is 0 Å². The first-order chi connectivity index (χ1) is 8.54. The Kier molecular flexibility index (Phi) is 3.95. The van der Waals surface area contributed by atoms with E-state index in [1.165, 1.54) is 25.4 Å². The van der Waals surface area contributed by atoms with Gasteiger partial charge in [-0.2, -0.15) is 4.39 Å². The van der Waals surface area contributed by atoms with E-state index in [1.54, 1.807) is 6.07 Å². The van der Waals surface area contributed by atoms with Crippen molar-refractivity contribution >= 4 is 34.8 Å². The fourth-order valence-electron chi connectivity index (χ4n) is 1.61. The third kappa shape index (κ3) is 2.39. The lowest BCUT2D eigenvalue weighted by Gasteiger charge is -2.12. The molecule has 0 amide bonds. The van der Waals surface area contributed by atoms with E-state index in [-0.39, 0.29) is 5.75 Å². The minimum absolute atomic E-state index is 0.0105. The fourth-order valence-corrected chi connectivity index (χ4v) is 2.63. The summed E-state index contributed by atoms with van der Waals surface area (Å²) in [4.78, 5) is 3.51. The highest BCUT2D eigenvalue weighted by atomic mass is 35.5. The van der Waals surface area contributed by atoms with E-state index >= 15 is 0 Å². The maximum absolute atomic E-state index is 13.5. The van der Waals surface area contributed by atoms with Crippen LogP contribution < -0.4 is 4.74 Å². The first-order valence-corrected chi connectivity index (χ1v) is 6.01. The number of pyridine rings is 1. The van der Waals surface area contributed by atoms with Gasteiger partial charge in [0.15, 0.2) is 5.75 Å². The van der Waals surface area contributed by atoms with Gasteiger partial charge < -0.3 is 4.74 Å². The van der Waals surface area contributed by atoms with Gasteiger partial charge in [-0.05, 0) is 18.2 Å². The SMILES string of the molecule is COc1c(-c2c(Cl)cc(Cl)cc2Cl)ccnc1F. The number of methoxy groups -OCH3 is 1. The van der Waals surface area contributed by atoms with Crippen LogP contribution in [0.4, 0.5) is 4.39 Å². The highest BCUT2D eigenvalue weighted by Crippen LogP contribution is 2.41. The van der Waals surface area contributed by atoms with Crippen LogP contribution in [-0.4, -0.2) is 12.1 Å². The van der Waals surface area contributed by atoms with E-state index in [9.17, 15) is 4.39 Å². The lowest BCUT2D eigenvalue weighted by Crippen LogP contribution is -1.95. The first-order valence-electron chi connectivity index (χ1n) is 4.88. The summed E-state index contributed by atoms with van der Waals surface area (Å²) in [7, 11) is 1.35. The second-order valence-electron chi connectivity index (χ2n) is 3.43. The number of ether oxygens (including phenoxy) is 1. The number of hydrogen-bond acceptors (Lipinski definition) is 2. The molecule has 1 aromatic heterocycles. The maximum atomic E-state index is 13.5. The van der Waals surface area contributed by atoms with Crippen LogP contribution in [0, 0.1) is 5.95 Å². The highest BCUT2D eigenvalue weighted by Gasteiger charge is 2.17. The number of hydrogen-bond donors (Lipinski definition) is 0. The smallest absolute Gasteiger partial charge is 0.255 e. The quantitative estimate of drug-likeness (QED) is 0.739. The van der Waals surface area contributed by atoms with E-state index in [0.717, 1.165) is 0 Å². The Morgan fingerprint density at radius 3 is 2.33 bits per heavy atom. The predicted molar refractivity (Wildman–Crippen MR) is 71.2 cm³/mol. The lowest BCUT2D eigenvalue weighted by atomic mass is 10.1. The Bertz CT molecular complexity index is 581. The van der Waals surface area contributed by atoms with E-state index in [0.29, 0.717) is 26.2 Å². The molecule has 18 heavy (non-hydrogen) atoms. The molecule has 0 unspecified atom stereocenters. The van der Waals surface area contributed by atoms with Crippen LogP contribution >= 0.6 is 34.8 Å². The molecule has 0 N–H and O–H groups in total. The minimum atomic E-state index is -0.725. The second kappa shape index (κ2) is 5.31. The minimum Gasteiger partial charge on any atom is -0.491 e. The molecule has 0 atom stereocenters. The number of nitrogens with zero attached hydrogens (tertiary/aromatic N) is 1. The molecular weight excluding hydrogens is 299 g/mol. The van der Waals surface area contributed by atoms with Crippen LogP contribution in [-0.2, 0) is 0 Å². The van der Waals surface area contributed by atoms with Gasteiger partial charge in [0, 0.05) is 22.3 Å². The van der Waals surface area contributed by atoms with Crippen molar-refractivity contribution in [1.82, 2.24) is 4.98 Å². The number of rotatable bonds is 2. The van der Waals surface area contributed by atoms with Crippen LogP contribution in [0.25, 0.3) is 11.1 Å². The van der Waals surface area contributed by atoms with Gasteiger partial charge in [0.05, 0.1) is 17.2 Å². The van der Waals surface area contributed by atoms with Crippen LogP contribution in [0.1, 0.15) is 0 Å². The van der Waals surface area contributed by atoms with Gasteiger partial charge in [0.2, 0.25) is 0 Å². The van der Waals surface area contributed by atoms with Gasteiger partial charge in [-0.1, -0.05) is 34.8 Å². The zero-order chi connectivity index (χ0) is 13.3. The lowest BCUT2D eigenvalue weighted by molar-refractivity contribution is 0.379. The monoisotopic (exact) mass is 305 g/mol. The predicted octanol–water partition coefficient (Wildman–Crippen LogP) is 4.86. The Hall–Kier alpha value is -1.03. The average molecular weight is 307 g/mol. The summed E-state index contributed by atoms with van der Waals surface area (Å²) in [6.07, 6.45) is 1.31. The van der Waals surface area contributed by atoms with Crippen LogP contribution in [0.15, 0.2) is 24.4 Å². The van der Waals surface area contributed by atoms with E-state index in [2.05, 4.69) is 4.98 Å². The zero-order valence-electron chi connectivity index (χ0n) is 9.18. The summed E-state index contributed by atoms with van der Waals surface area (Å²) in [6, 6.07) is 4.63. The van der Waals surface area contributed by atoms with Gasteiger partial charge in [-0.25, -0.2) is 4.98 Å². The Morgan fingerprint density at radius 1 is 1.17 bits per heavy atom. The molecule has 2 rings (SSSR count). The summed E-state index contributed by atoms with van der Waals surface area (Å²) in [6.45, 7) is 0. The average Bonchev–Trinajstić information content (AvgIpc) is 2.27.